The molecule has 0 amide bonds. The van der Waals surface area contributed by atoms with Crippen molar-refractivity contribution >= 4 is 18.0 Å². The summed E-state index contributed by atoms with van der Waals surface area (Å²) in [6.07, 6.45) is 4.46. The van der Waals surface area contributed by atoms with Gasteiger partial charge in [-0.15, -0.1) is 0 Å². The summed E-state index contributed by atoms with van der Waals surface area (Å²) in [5, 5.41) is 0. The zero-order valence-electron chi connectivity index (χ0n) is 20.2. The smallest absolute Gasteiger partial charge is 0.0735 e. The van der Waals surface area contributed by atoms with Gasteiger partial charge in [0.2, 0.25) is 0 Å². The summed E-state index contributed by atoms with van der Waals surface area (Å²) in [5.74, 6) is 0.632. The van der Waals surface area contributed by atoms with E-state index in [0.29, 0.717) is 5.92 Å². The molecule has 0 aliphatic rings. The van der Waals surface area contributed by atoms with Crippen LogP contribution in [0.5, 0.6) is 0 Å². The number of allylic oxidation sites excluding steroid dienone is 1. The highest BCUT2D eigenvalue weighted by atomic mass is 14.7. The summed E-state index contributed by atoms with van der Waals surface area (Å²) >= 11 is 0. The fourth-order valence-electron chi connectivity index (χ4n) is 3.35. The van der Waals surface area contributed by atoms with E-state index in [1.807, 2.05) is 27.7 Å². The van der Waals surface area contributed by atoms with Gasteiger partial charge in [-0.05, 0) is 61.1 Å². The minimum absolute atomic E-state index is 0.632. The molecule has 0 radical (unpaired) electrons. The fourth-order valence-corrected chi connectivity index (χ4v) is 3.35. The molecule has 0 unspecified atom stereocenters. The fraction of sp³-hybridized carbons (Fsp3) is 0.464. The Bertz CT molecular complexity index is 737. The first-order chi connectivity index (χ1) is 14.1. The number of aliphatic imine (C=N–C) groups is 1. The lowest BCUT2D eigenvalue weighted by Crippen LogP contribution is -2.01. The van der Waals surface area contributed by atoms with Crippen molar-refractivity contribution < 1.29 is 0 Å². The number of hydrogen-bond donors (Lipinski definition) is 0. The molecular weight excluding hydrogens is 350 g/mol. The average molecular weight is 394 g/mol. The minimum Gasteiger partial charge on any atom is -0.264 e. The van der Waals surface area contributed by atoms with E-state index in [-0.39, 0.29) is 0 Å². The standard InChI is InChI=1S/C24H31N.2C2H6/c1-6-7-14-23(22-16-11-9-13-20(22)17-18(2)3)24(25-5)21-15-10-8-12-19(21)4;2*1-2/h8-13,15-16,18H,5-7,14,17H2,1-4H3;2*1-2H3/b24-23+;;. The molecule has 1 heteroatoms. The molecule has 160 valence electrons. The van der Waals surface area contributed by atoms with Crippen LogP contribution in [-0.4, -0.2) is 6.72 Å². The predicted octanol–water partition coefficient (Wildman–Crippen LogP) is 9.01. The van der Waals surface area contributed by atoms with Gasteiger partial charge in [0.15, 0.2) is 0 Å². The first-order valence-corrected chi connectivity index (χ1v) is 11.4. The molecule has 0 heterocycles. The Labute approximate surface area is 181 Å². The van der Waals surface area contributed by atoms with Crippen LogP contribution in [0.3, 0.4) is 0 Å². The predicted molar refractivity (Wildman–Crippen MR) is 135 cm³/mol. The van der Waals surface area contributed by atoms with Gasteiger partial charge in [0, 0.05) is 5.56 Å². The van der Waals surface area contributed by atoms with Crippen LogP contribution in [0.25, 0.3) is 11.3 Å². The molecule has 0 saturated heterocycles. The van der Waals surface area contributed by atoms with E-state index in [0.717, 1.165) is 25.0 Å². The van der Waals surface area contributed by atoms with Crippen molar-refractivity contribution in [3.8, 4) is 0 Å². The van der Waals surface area contributed by atoms with Crippen LogP contribution in [0.4, 0.5) is 0 Å². The topological polar surface area (TPSA) is 12.4 Å². The minimum atomic E-state index is 0.632. The van der Waals surface area contributed by atoms with Crippen molar-refractivity contribution in [2.45, 2.75) is 81.1 Å². The number of unbranched alkanes of at least 4 members (excludes halogenated alkanes) is 1. The maximum Gasteiger partial charge on any atom is 0.0735 e. The summed E-state index contributed by atoms with van der Waals surface area (Å²) in [5.41, 5.74) is 7.59. The molecule has 29 heavy (non-hydrogen) atoms. The maximum atomic E-state index is 4.50. The van der Waals surface area contributed by atoms with E-state index >= 15 is 0 Å². The van der Waals surface area contributed by atoms with Crippen LogP contribution in [0.15, 0.2) is 53.5 Å². The molecule has 0 bridgehead atoms. The van der Waals surface area contributed by atoms with E-state index in [4.69, 9.17) is 0 Å². The zero-order chi connectivity index (χ0) is 22.2. The lowest BCUT2D eigenvalue weighted by atomic mass is 9.88. The van der Waals surface area contributed by atoms with E-state index in [1.165, 1.54) is 34.2 Å². The quantitative estimate of drug-likeness (QED) is 0.313. The molecule has 2 rings (SSSR count). The summed E-state index contributed by atoms with van der Waals surface area (Å²) in [7, 11) is 0. The molecule has 0 atom stereocenters. The number of aryl methyl sites for hydroxylation is 1. The van der Waals surface area contributed by atoms with Gasteiger partial charge in [-0.1, -0.05) is 103 Å². The van der Waals surface area contributed by atoms with Crippen LogP contribution < -0.4 is 0 Å². The summed E-state index contributed by atoms with van der Waals surface area (Å²) in [6.45, 7) is 20.9. The van der Waals surface area contributed by atoms with E-state index in [2.05, 4.69) is 87.9 Å². The van der Waals surface area contributed by atoms with Gasteiger partial charge in [-0.25, -0.2) is 0 Å². The number of benzene rings is 2. The second-order valence-electron chi connectivity index (χ2n) is 7.16. The largest absolute Gasteiger partial charge is 0.264 e. The molecular formula is C28H43N. The maximum absolute atomic E-state index is 4.50. The van der Waals surface area contributed by atoms with E-state index in [1.54, 1.807) is 0 Å². The van der Waals surface area contributed by atoms with Crippen LogP contribution in [0, 0.1) is 12.8 Å². The van der Waals surface area contributed by atoms with Gasteiger partial charge in [0.05, 0.1) is 5.70 Å². The Morgan fingerprint density at radius 2 is 1.45 bits per heavy atom. The van der Waals surface area contributed by atoms with E-state index in [9.17, 15) is 0 Å². The molecule has 0 saturated carbocycles. The number of nitrogens with zero attached hydrogens (tertiary/aromatic N) is 1. The molecule has 2 aromatic carbocycles. The van der Waals surface area contributed by atoms with Gasteiger partial charge in [0.25, 0.3) is 0 Å². The molecule has 0 aromatic heterocycles. The van der Waals surface area contributed by atoms with Crippen molar-refractivity contribution in [3.05, 3.63) is 70.8 Å². The number of rotatable bonds is 8. The third-order valence-electron chi connectivity index (χ3n) is 4.60. The lowest BCUT2D eigenvalue weighted by molar-refractivity contribution is 0.646. The van der Waals surface area contributed by atoms with Crippen molar-refractivity contribution in [2.75, 3.05) is 0 Å². The van der Waals surface area contributed by atoms with Crippen LogP contribution in [-0.2, 0) is 6.42 Å². The number of hydrogen-bond acceptors (Lipinski definition) is 1. The third-order valence-corrected chi connectivity index (χ3v) is 4.60. The van der Waals surface area contributed by atoms with Gasteiger partial charge in [-0.2, -0.15) is 0 Å². The van der Waals surface area contributed by atoms with Crippen LogP contribution >= 0.6 is 0 Å². The Kier molecular flexibility index (Phi) is 14.6. The summed E-state index contributed by atoms with van der Waals surface area (Å²) in [4.78, 5) is 4.50. The van der Waals surface area contributed by atoms with Gasteiger partial charge < -0.3 is 0 Å². The monoisotopic (exact) mass is 393 g/mol. The third kappa shape index (κ3) is 8.40. The second kappa shape index (κ2) is 15.7. The van der Waals surface area contributed by atoms with Crippen molar-refractivity contribution in [1.29, 1.82) is 0 Å². The molecule has 1 nitrogen and oxygen atoms in total. The van der Waals surface area contributed by atoms with Gasteiger partial charge in [-0.3, -0.25) is 4.99 Å². The molecule has 0 spiro atoms. The lowest BCUT2D eigenvalue weighted by Gasteiger charge is -2.18. The highest BCUT2D eigenvalue weighted by Crippen LogP contribution is 2.35. The Hall–Kier alpha value is -2.15. The highest BCUT2D eigenvalue weighted by Gasteiger charge is 2.15. The Morgan fingerprint density at radius 1 is 0.897 bits per heavy atom. The highest BCUT2D eigenvalue weighted by molar-refractivity contribution is 5.93. The van der Waals surface area contributed by atoms with Gasteiger partial charge >= 0.3 is 0 Å². The SMILES string of the molecule is C=N/C(=C(\CCCC)c1ccccc1CC(C)C)c1ccccc1C.CC.CC. The second-order valence-corrected chi connectivity index (χ2v) is 7.16. The van der Waals surface area contributed by atoms with Crippen molar-refractivity contribution in [2.24, 2.45) is 10.9 Å². The molecule has 0 aliphatic carbocycles. The first-order valence-electron chi connectivity index (χ1n) is 11.4. The van der Waals surface area contributed by atoms with Gasteiger partial charge in [0.1, 0.15) is 0 Å². The zero-order valence-corrected chi connectivity index (χ0v) is 20.2. The molecule has 2 aromatic rings. The molecule has 0 N–H and O–H groups in total. The normalized spacial score (nSPS) is 10.9. The van der Waals surface area contributed by atoms with Crippen LogP contribution in [0.1, 0.15) is 90.0 Å². The molecule has 0 fully saturated rings. The molecule has 0 aliphatic heterocycles. The summed E-state index contributed by atoms with van der Waals surface area (Å²) < 4.78 is 0. The average Bonchev–Trinajstić information content (AvgIpc) is 2.75. The summed E-state index contributed by atoms with van der Waals surface area (Å²) in [6, 6.07) is 17.3. The Morgan fingerprint density at radius 3 is 1.97 bits per heavy atom. The van der Waals surface area contributed by atoms with Crippen molar-refractivity contribution in [3.63, 3.8) is 0 Å². The Balaban J connectivity index is 0.00000184. The van der Waals surface area contributed by atoms with E-state index < -0.39 is 0 Å². The van der Waals surface area contributed by atoms with Crippen LogP contribution in [0.2, 0.25) is 0 Å². The first kappa shape index (κ1) is 26.9. The van der Waals surface area contributed by atoms with Crippen molar-refractivity contribution in [1.82, 2.24) is 0 Å².